The summed E-state index contributed by atoms with van der Waals surface area (Å²) >= 11 is 0. The van der Waals surface area contributed by atoms with Crippen LogP contribution >= 0.6 is 0 Å². The number of amides is 2. The molecule has 162 valence electrons. The zero-order chi connectivity index (χ0) is 22.1. The molecule has 0 spiro atoms. The lowest BCUT2D eigenvalue weighted by atomic mass is 9.84. The lowest BCUT2D eigenvalue weighted by Crippen LogP contribution is -2.52. The van der Waals surface area contributed by atoms with Gasteiger partial charge in [0.2, 0.25) is 0 Å². The number of carboxylic acid groups (broad SMARTS) is 1. The minimum Gasteiger partial charge on any atom is -0.465 e. The maximum Gasteiger partial charge on any atom is 0.407 e. The molecular formula is C21H23FN6O3. The number of primary amides is 1. The van der Waals surface area contributed by atoms with Gasteiger partial charge in [0.05, 0.1) is 24.1 Å². The maximum absolute atomic E-state index is 13.2. The van der Waals surface area contributed by atoms with Gasteiger partial charge in [-0.05, 0) is 43.0 Å². The van der Waals surface area contributed by atoms with Gasteiger partial charge in [-0.3, -0.25) is 9.48 Å². The number of benzene rings is 1. The van der Waals surface area contributed by atoms with E-state index in [0.29, 0.717) is 24.4 Å². The van der Waals surface area contributed by atoms with Crippen LogP contribution in [0.1, 0.15) is 42.1 Å². The molecule has 2 aromatic rings. The monoisotopic (exact) mass is 426 g/mol. The molecule has 1 aromatic carbocycles. The molecule has 2 aliphatic rings. The predicted octanol–water partition coefficient (Wildman–Crippen LogP) is 3.10. The summed E-state index contributed by atoms with van der Waals surface area (Å²) in [6, 6.07) is 6.86. The van der Waals surface area contributed by atoms with Gasteiger partial charge in [0.25, 0.3) is 5.91 Å². The van der Waals surface area contributed by atoms with E-state index in [1.807, 2.05) is 0 Å². The molecule has 2 heterocycles. The maximum atomic E-state index is 13.2. The van der Waals surface area contributed by atoms with Gasteiger partial charge in [0.1, 0.15) is 11.4 Å². The van der Waals surface area contributed by atoms with Crippen molar-refractivity contribution in [1.29, 1.82) is 5.26 Å². The smallest absolute Gasteiger partial charge is 0.407 e. The molecule has 9 nitrogen and oxygen atoms in total. The van der Waals surface area contributed by atoms with Gasteiger partial charge in [0, 0.05) is 18.4 Å². The van der Waals surface area contributed by atoms with Gasteiger partial charge in [0.15, 0.2) is 5.82 Å². The zero-order valence-corrected chi connectivity index (χ0v) is 16.7. The van der Waals surface area contributed by atoms with Crippen LogP contribution in [0.2, 0.25) is 0 Å². The molecule has 4 N–H and O–H groups in total. The fraction of sp³-hybridized carbons (Fsp3) is 0.429. The van der Waals surface area contributed by atoms with E-state index in [-0.39, 0.29) is 17.9 Å². The van der Waals surface area contributed by atoms with Crippen LogP contribution < -0.4 is 11.1 Å². The van der Waals surface area contributed by atoms with Crippen molar-refractivity contribution in [2.45, 2.75) is 37.8 Å². The number of nitrogens with zero attached hydrogens (tertiary/aromatic N) is 4. The Hall–Kier alpha value is -3.61. The topological polar surface area (TPSA) is 137 Å². The second-order valence-electron chi connectivity index (χ2n) is 8.10. The Morgan fingerprint density at radius 1 is 1.29 bits per heavy atom. The van der Waals surface area contributed by atoms with Gasteiger partial charge in [-0.2, -0.15) is 10.4 Å². The number of nitrogens with two attached hydrogens (primary N) is 1. The highest BCUT2D eigenvalue weighted by molar-refractivity contribution is 5.98. The number of carbonyl (C=O) groups is 2. The van der Waals surface area contributed by atoms with E-state index in [1.165, 1.54) is 40.0 Å². The van der Waals surface area contributed by atoms with Crippen molar-refractivity contribution in [1.82, 2.24) is 14.7 Å². The Morgan fingerprint density at radius 2 is 2.00 bits per heavy atom. The summed E-state index contributed by atoms with van der Waals surface area (Å²) in [5.41, 5.74) is 6.16. The van der Waals surface area contributed by atoms with Crippen LogP contribution in [0.15, 0.2) is 30.5 Å². The first-order valence-corrected chi connectivity index (χ1v) is 10.2. The zero-order valence-electron chi connectivity index (χ0n) is 16.7. The number of rotatable bonds is 6. The Labute approximate surface area is 178 Å². The molecule has 3 atom stereocenters. The van der Waals surface area contributed by atoms with Crippen molar-refractivity contribution in [2.75, 3.05) is 11.9 Å². The number of likely N-dealkylation sites (tertiary alicyclic amines) is 1. The Morgan fingerprint density at radius 3 is 2.58 bits per heavy atom. The minimum absolute atomic E-state index is 0.110. The summed E-state index contributed by atoms with van der Waals surface area (Å²) in [7, 11) is 0. The molecular weight excluding hydrogens is 403 g/mol. The Kier molecular flexibility index (Phi) is 5.50. The molecule has 1 unspecified atom stereocenters. The van der Waals surface area contributed by atoms with Crippen molar-refractivity contribution in [2.24, 2.45) is 17.6 Å². The van der Waals surface area contributed by atoms with Gasteiger partial charge >= 0.3 is 6.09 Å². The Bertz CT molecular complexity index is 1030. The number of aromatic nitrogens is 2. The molecule has 2 fully saturated rings. The van der Waals surface area contributed by atoms with E-state index in [2.05, 4.69) is 16.5 Å². The van der Waals surface area contributed by atoms with Gasteiger partial charge in [-0.25, -0.2) is 9.18 Å². The van der Waals surface area contributed by atoms with E-state index >= 15 is 0 Å². The average Bonchev–Trinajstić information content (AvgIpc) is 3.46. The lowest BCUT2D eigenvalue weighted by molar-refractivity contribution is 0.0551. The molecule has 1 aliphatic carbocycles. The summed E-state index contributed by atoms with van der Waals surface area (Å²) < 4.78 is 14.7. The van der Waals surface area contributed by atoms with Crippen LogP contribution in [-0.4, -0.2) is 44.4 Å². The second-order valence-corrected chi connectivity index (χ2v) is 8.10. The van der Waals surface area contributed by atoms with E-state index in [4.69, 9.17) is 5.73 Å². The molecule has 0 bridgehead atoms. The highest BCUT2D eigenvalue weighted by Gasteiger charge is 2.44. The Balaban J connectivity index is 1.72. The van der Waals surface area contributed by atoms with E-state index in [1.54, 1.807) is 0 Å². The molecule has 1 saturated heterocycles. The molecule has 1 aliphatic heterocycles. The lowest BCUT2D eigenvalue weighted by Gasteiger charge is -2.42. The number of anilines is 2. The van der Waals surface area contributed by atoms with Crippen LogP contribution in [0.4, 0.5) is 20.7 Å². The number of nitrogens with one attached hydrogen (secondary N) is 1. The summed E-state index contributed by atoms with van der Waals surface area (Å²) in [6.07, 6.45) is 3.53. The van der Waals surface area contributed by atoms with Gasteiger partial charge in [-0.15, -0.1) is 0 Å². The summed E-state index contributed by atoms with van der Waals surface area (Å²) in [5.74, 6) is -0.974. The normalized spacial score (nSPS) is 23.2. The molecule has 1 saturated carbocycles. The number of piperidine rings is 1. The van der Waals surface area contributed by atoms with Crippen molar-refractivity contribution < 1.29 is 19.1 Å². The quantitative estimate of drug-likeness (QED) is 0.649. The highest BCUT2D eigenvalue weighted by atomic mass is 19.1. The largest absolute Gasteiger partial charge is 0.465 e. The number of carbonyl (C=O) groups excluding carboxylic acids is 1. The SMILES string of the molecule is N#C[C@H]1CCN(C(=O)O)C(CC2CC2)[C@@H]1n1cc(C(N)=O)c(Nc2ccc(F)cc2)n1. The van der Waals surface area contributed by atoms with E-state index < -0.39 is 35.8 Å². The third-order valence-electron chi connectivity index (χ3n) is 5.98. The molecule has 31 heavy (non-hydrogen) atoms. The highest BCUT2D eigenvalue weighted by Crippen LogP contribution is 2.42. The van der Waals surface area contributed by atoms with Crippen molar-refractivity contribution in [3.8, 4) is 6.07 Å². The van der Waals surface area contributed by atoms with Crippen LogP contribution in [-0.2, 0) is 0 Å². The molecule has 1 aromatic heterocycles. The standard InChI is InChI=1S/C21H23FN6O3/c22-14-3-5-15(6-4-14)25-20-16(19(24)29)11-28(26-20)18-13(10-23)7-8-27(21(30)31)17(18)9-12-1-2-12/h3-6,11-13,17-18H,1-2,7-9H2,(H2,24,29)(H,25,26)(H,30,31)/t13-,17?,18-/m1/s1. The first-order chi connectivity index (χ1) is 14.9. The van der Waals surface area contributed by atoms with Gasteiger partial charge < -0.3 is 21.1 Å². The third kappa shape index (κ3) is 4.30. The van der Waals surface area contributed by atoms with Crippen LogP contribution in [0, 0.1) is 29.0 Å². The predicted molar refractivity (Wildman–Crippen MR) is 109 cm³/mol. The van der Waals surface area contributed by atoms with Crippen molar-refractivity contribution in [3.63, 3.8) is 0 Å². The number of hydrogen-bond acceptors (Lipinski definition) is 5. The third-order valence-corrected chi connectivity index (χ3v) is 5.98. The summed E-state index contributed by atoms with van der Waals surface area (Å²) in [5, 5.41) is 26.9. The first kappa shape index (κ1) is 20.7. The molecule has 4 rings (SSSR count). The van der Waals surface area contributed by atoms with Crippen LogP contribution in [0.5, 0.6) is 0 Å². The molecule has 2 amide bonds. The molecule has 10 heteroatoms. The van der Waals surface area contributed by atoms with Crippen molar-refractivity contribution in [3.05, 3.63) is 41.8 Å². The molecule has 0 radical (unpaired) electrons. The van der Waals surface area contributed by atoms with E-state index in [0.717, 1.165) is 12.8 Å². The number of hydrogen-bond donors (Lipinski definition) is 3. The minimum atomic E-state index is -1.03. The van der Waals surface area contributed by atoms with Gasteiger partial charge in [-0.1, -0.05) is 12.8 Å². The fourth-order valence-electron chi connectivity index (χ4n) is 4.26. The van der Waals surface area contributed by atoms with E-state index in [9.17, 15) is 24.3 Å². The fourth-order valence-corrected chi connectivity index (χ4v) is 4.26. The summed E-state index contributed by atoms with van der Waals surface area (Å²) in [6.45, 7) is 0.284. The van der Waals surface area contributed by atoms with Crippen LogP contribution in [0.25, 0.3) is 0 Å². The van der Waals surface area contributed by atoms with Crippen molar-refractivity contribution >= 4 is 23.5 Å². The number of nitriles is 1. The average molecular weight is 426 g/mol. The number of halogens is 1. The second kappa shape index (κ2) is 8.26. The summed E-state index contributed by atoms with van der Waals surface area (Å²) in [4.78, 5) is 25.3. The first-order valence-electron chi connectivity index (χ1n) is 10.2. The van der Waals surface area contributed by atoms with Crippen LogP contribution in [0.3, 0.4) is 0 Å².